The van der Waals surface area contributed by atoms with Gasteiger partial charge in [-0.1, -0.05) is 0 Å². The van der Waals surface area contributed by atoms with Crippen LogP contribution in [0.25, 0.3) is 0 Å². The Balaban J connectivity index is 2.28. The lowest BCUT2D eigenvalue weighted by Crippen LogP contribution is -2.17. The van der Waals surface area contributed by atoms with Crippen molar-refractivity contribution in [3.05, 3.63) is 47.1 Å². The Morgan fingerprint density at radius 1 is 1.32 bits per heavy atom. The van der Waals surface area contributed by atoms with Crippen LogP contribution in [0.3, 0.4) is 0 Å². The molecule has 0 aliphatic carbocycles. The van der Waals surface area contributed by atoms with E-state index < -0.39 is 0 Å². The highest BCUT2D eigenvalue weighted by Gasteiger charge is 2.17. The van der Waals surface area contributed by atoms with Crippen molar-refractivity contribution >= 4 is 11.6 Å². The molecular weight excluding hydrogens is 264 g/mol. The lowest BCUT2D eigenvalue weighted by atomic mass is 10.1. The molecule has 2 aromatic heterocycles. The summed E-state index contributed by atoms with van der Waals surface area (Å²) in [4.78, 5) is 4.20. The van der Waals surface area contributed by atoms with Crippen LogP contribution in [-0.2, 0) is 0 Å². The smallest absolute Gasteiger partial charge is 0.193 e. The maximum atomic E-state index is 5.81. The first-order valence-corrected chi connectivity index (χ1v) is 6.52. The number of pyridine rings is 1. The molecule has 0 aliphatic heterocycles. The van der Waals surface area contributed by atoms with Crippen LogP contribution in [0, 0.1) is 0 Å². The summed E-state index contributed by atoms with van der Waals surface area (Å²) in [5.41, 5.74) is 0.965. The van der Waals surface area contributed by atoms with Gasteiger partial charge in [0.05, 0.1) is 18.3 Å². The van der Waals surface area contributed by atoms with Gasteiger partial charge in [-0.2, -0.15) is 0 Å². The third-order valence-corrected chi connectivity index (χ3v) is 2.81. The van der Waals surface area contributed by atoms with Gasteiger partial charge in [0.1, 0.15) is 11.5 Å². The number of halogens is 1. The fourth-order valence-electron chi connectivity index (χ4n) is 1.89. The van der Waals surface area contributed by atoms with Gasteiger partial charge >= 0.3 is 0 Å². The Bertz CT molecular complexity index is 540. The topological polar surface area (TPSA) is 47.3 Å². The Morgan fingerprint density at radius 3 is 2.68 bits per heavy atom. The van der Waals surface area contributed by atoms with Crippen LogP contribution >= 0.6 is 11.6 Å². The molecule has 19 heavy (non-hydrogen) atoms. The molecule has 1 unspecified atom stereocenters. The van der Waals surface area contributed by atoms with Crippen molar-refractivity contribution in [3.8, 4) is 5.75 Å². The summed E-state index contributed by atoms with van der Waals surface area (Å²) in [5, 5.41) is 3.55. The van der Waals surface area contributed by atoms with E-state index in [9.17, 15) is 0 Å². The maximum Gasteiger partial charge on any atom is 0.193 e. The van der Waals surface area contributed by atoms with Crippen molar-refractivity contribution in [3.63, 3.8) is 0 Å². The summed E-state index contributed by atoms with van der Waals surface area (Å²) >= 11 is 5.81. The number of aromatic nitrogens is 1. The van der Waals surface area contributed by atoms with Gasteiger partial charge in [0, 0.05) is 6.20 Å². The van der Waals surface area contributed by atoms with Crippen LogP contribution < -0.4 is 10.1 Å². The van der Waals surface area contributed by atoms with E-state index >= 15 is 0 Å². The van der Waals surface area contributed by atoms with Gasteiger partial charge in [0.25, 0.3) is 0 Å². The monoisotopic (exact) mass is 280 g/mol. The van der Waals surface area contributed by atoms with Crippen molar-refractivity contribution in [1.82, 2.24) is 10.3 Å². The average molecular weight is 281 g/mol. The first-order chi connectivity index (χ1) is 9.10. The highest BCUT2D eigenvalue weighted by Crippen LogP contribution is 2.27. The Morgan fingerprint density at radius 2 is 2.11 bits per heavy atom. The van der Waals surface area contributed by atoms with Gasteiger partial charge in [0.2, 0.25) is 0 Å². The normalized spacial score (nSPS) is 12.7. The maximum absolute atomic E-state index is 5.81. The number of rotatable bonds is 5. The second-order valence-electron chi connectivity index (χ2n) is 4.48. The molecule has 0 aliphatic rings. The predicted molar refractivity (Wildman–Crippen MR) is 74.6 cm³/mol. The minimum Gasteiger partial charge on any atom is -0.489 e. The molecule has 0 amide bonds. The molecule has 0 spiro atoms. The van der Waals surface area contributed by atoms with Gasteiger partial charge in [-0.25, -0.2) is 0 Å². The summed E-state index contributed by atoms with van der Waals surface area (Å²) in [7, 11) is 1.86. The Kier molecular flexibility index (Phi) is 4.45. The standard InChI is InChI=1S/C14H17ClN2O2/c1-9(2)18-11-6-10(7-17-8-11)14(16-3)12-4-5-13(15)19-12/h4-9,14,16H,1-3H3. The fraction of sp³-hybridized carbons (Fsp3) is 0.357. The molecule has 0 bridgehead atoms. The van der Waals surface area contributed by atoms with Gasteiger partial charge in [-0.3, -0.25) is 4.98 Å². The predicted octanol–water partition coefficient (Wildman–Crippen LogP) is 3.42. The number of nitrogens with zero attached hydrogens (tertiary/aromatic N) is 1. The van der Waals surface area contributed by atoms with Gasteiger partial charge < -0.3 is 14.5 Å². The minimum atomic E-state index is -0.101. The van der Waals surface area contributed by atoms with E-state index in [0.717, 1.165) is 17.1 Å². The van der Waals surface area contributed by atoms with Crippen LogP contribution in [0.5, 0.6) is 5.75 Å². The molecule has 1 N–H and O–H groups in total. The van der Waals surface area contributed by atoms with Crippen molar-refractivity contribution in [2.45, 2.75) is 26.0 Å². The summed E-state index contributed by atoms with van der Waals surface area (Å²) in [5.74, 6) is 1.49. The van der Waals surface area contributed by atoms with E-state index in [4.69, 9.17) is 20.8 Å². The van der Waals surface area contributed by atoms with E-state index in [1.54, 1.807) is 18.5 Å². The molecule has 5 heteroatoms. The van der Waals surface area contributed by atoms with Crippen molar-refractivity contribution in [1.29, 1.82) is 0 Å². The minimum absolute atomic E-state index is 0.101. The molecule has 2 aromatic rings. The Labute approximate surface area is 117 Å². The molecule has 2 rings (SSSR count). The molecule has 0 aromatic carbocycles. The second kappa shape index (κ2) is 6.08. The van der Waals surface area contributed by atoms with E-state index in [1.165, 1.54) is 0 Å². The van der Waals surface area contributed by atoms with Crippen molar-refractivity contribution < 1.29 is 9.15 Å². The zero-order valence-corrected chi connectivity index (χ0v) is 11.9. The SMILES string of the molecule is CNC(c1cncc(OC(C)C)c1)c1ccc(Cl)o1. The number of nitrogens with one attached hydrogen (secondary N) is 1. The largest absolute Gasteiger partial charge is 0.489 e. The molecule has 102 valence electrons. The van der Waals surface area contributed by atoms with Crippen LogP contribution in [0.4, 0.5) is 0 Å². The third-order valence-electron chi connectivity index (χ3n) is 2.61. The summed E-state index contributed by atoms with van der Waals surface area (Å²) in [6.45, 7) is 3.96. The van der Waals surface area contributed by atoms with E-state index in [-0.39, 0.29) is 12.1 Å². The third kappa shape index (κ3) is 3.49. The van der Waals surface area contributed by atoms with Crippen LogP contribution in [0.1, 0.15) is 31.2 Å². The molecule has 2 heterocycles. The van der Waals surface area contributed by atoms with Crippen molar-refractivity contribution in [2.75, 3.05) is 7.05 Å². The molecular formula is C14H17ClN2O2. The van der Waals surface area contributed by atoms with Gasteiger partial charge in [-0.15, -0.1) is 0 Å². The Hall–Kier alpha value is -1.52. The lowest BCUT2D eigenvalue weighted by molar-refractivity contribution is 0.241. The molecule has 0 saturated carbocycles. The first-order valence-electron chi connectivity index (χ1n) is 6.14. The zero-order valence-electron chi connectivity index (χ0n) is 11.2. The number of hydrogen-bond donors (Lipinski definition) is 1. The summed E-state index contributed by atoms with van der Waals surface area (Å²) in [6.07, 6.45) is 3.60. The van der Waals surface area contributed by atoms with Crippen molar-refractivity contribution in [2.24, 2.45) is 0 Å². The quantitative estimate of drug-likeness (QED) is 0.912. The average Bonchev–Trinajstić information content (AvgIpc) is 2.76. The van der Waals surface area contributed by atoms with Gasteiger partial charge in [-0.05, 0) is 56.3 Å². The van der Waals surface area contributed by atoms with Crippen LogP contribution in [0.15, 0.2) is 35.0 Å². The number of furan rings is 1. The first kappa shape index (κ1) is 13.9. The molecule has 4 nitrogen and oxygen atoms in total. The van der Waals surface area contributed by atoms with Gasteiger partial charge in [0.15, 0.2) is 5.22 Å². The molecule has 1 atom stereocenters. The highest BCUT2D eigenvalue weighted by atomic mass is 35.5. The van der Waals surface area contributed by atoms with E-state index in [1.807, 2.05) is 33.0 Å². The zero-order chi connectivity index (χ0) is 13.8. The number of hydrogen-bond acceptors (Lipinski definition) is 4. The molecule has 0 radical (unpaired) electrons. The number of ether oxygens (including phenoxy) is 1. The summed E-state index contributed by atoms with van der Waals surface area (Å²) < 4.78 is 11.1. The summed E-state index contributed by atoms with van der Waals surface area (Å²) in [6, 6.07) is 5.42. The van der Waals surface area contributed by atoms with E-state index in [2.05, 4.69) is 10.3 Å². The second-order valence-corrected chi connectivity index (χ2v) is 4.86. The highest BCUT2D eigenvalue weighted by molar-refractivity contribution is 6.28. The lowest BCUT2D eigenvalue weighted by Gasteiger charge is -2.16. The molecule has 0 saturated heterocycles. The van der Waals surface area contributed by atoms with E-state index in [0.29, 0.717) is 5.22 Å². The molecule has 0 fully saturated rings. The fourth-order valence-corrected chi connectivity index (χ4v) is 2.04. The van der Waals surface area contributed by atoms with Crippen LogP contribution in [0.2, 0.25) is 5.22 Å². The van der Waals surface area contributed by atoms with Crippen LogP contribution in [-0.4, -0.2) is 18.1 Å².